The number of benzene rings is 1. The number of nitrogens with zero attached hydrogens (tertiary/aromatic N) is 4. The maximum atomic E-state index is 13.4. The van der Waals surface area contributed by atoms with Gasteiger partial charge in [-0.2, -0.15) is 0 Å². The lowest BCUT2D eigenvalue weighted by molar-refractivity contribution is -0.135. The van der Waals surface area contributed by atoms with E-state index in [-0.39, 0.29) is 6.04 Å². The third-order valence-corrected chi connectivity index (χ3v) is 7.46. The van der Waals surface area contributed by atoms with Gasteiger partial charge in [0.1, 0.15) is 5.75 Å². The molecule has 2 atom stereocenters. The van der Waals surface area contributed by atoms with Gasteiger partial charge in [0.05, 0.1) is 19.7 Å². The van der Waals surface area contributed by atoms with Crippen LogP contribution in [0.15, 0.2) is 24.3 Å². The molecule has 1 aromatic rings. The molecule has 4 rings (SSSR count). The molecule has 1 amide bonds. The lowest BCUT2D eigenvalue weighted by Gasteiger charge is -2.43. The Hall–Kier alpha value is -1.63. The van der Waals surface area contributed by atoms with Crippen LogP contribution >= 0.6 is 0 Å². The molecular weight excluding hydrogens is 388 g/mol. The number of piperazine rings is 1. The highest BCUT2D eigenvalue weighted by atomic mass is 16.5. The predicted octanol–water partition coefficient (Wildman–Crippen LogP) is 2.85. The maximum absolute atomic E-state index is 13.4. The number of piperidine rings is 1. The number of likely N-dealkylation sites (N-methyl/N-ethyl adjacent to an activating group) is 1. The van der Waals surface area contributed by atoms with Crippen LogP contribution in [0.2, 0.25) is 0 Å². The molecule has 3 aliphatic rings. The number of likely N-dealkylation sites (tertiary alicyclic amines) is 2. The summed E-state index contributed by atoms with van der Waals surface area (Å²) in [5.41, 5.74) is 1.24. The molecule has 0 aliphatic carbocycles. The Bertz CT molecular complexity index is 702. The summed E-state index contributed by atoms with van der Waals surface area (Å²) >= 11 is 0. The predicted molar refractivity (Wildman–Crippen MR) is 124 cm³/mol. The number of hydrogen-bond donors (Lipinski definition) is 0. The first kappa shape index (κ1) is 22.6. The molecule has 2 unspecified atom stereocenters. The fourth-order valence-electron chi connectivity index (χ4n) is 5.59. The topological polar surface area (TPSA) is 39.3 Å². The van der Waals surface area contributed by atoms with Crippen LogP contribution in [0.5, 0.6) is 5.75 Å². The summed E-state index contributed by atoms with van der Waals surface area (Å²) < 4.78 is 5.32. The Balaban J connectivity index is 1.34. The van der Waals surface area contributed by atoms with E-state index in [2.05, 4.69) is 38.8 Å². The van der Waals surface area contributed by atoms with Crippen LogP contribution in [0.3, 0.4) is 0 Å². The Morgan fingerprint density at radius 3 is 2.42 bits per heavy atom. The normalized spacial score (nSPS) is 27.1. The van der Waals surface area contributed by atoms with Crippen LogP contribution in [-0.4, -0.2) is 98.1 Å². The molecule has 0 N–H and O–H groups in total. The van der Waals surface area contributed by atoms with E-state index in [1.165, 1.54) is 44.3 Å². The van der Waals surface area contributed by atoms with E-state index < -0.39 is 0 Å². The summed E-state index contributed by atoms with van der Waals surface area (Å²) in [6.45, 7) is 8.06. The molecule has 1 aromatic carbocycles. The van der Waals surface area contributed by atoms with Gasteiger partial charge < -0.3 is 14.5 Å². The lowest BCUT2D eigenvalue weighted by atomic mass is 10.0. The zero-order chi connectivity index (χ0) is 21.6. The first-order chi connectivity index (χ1) is 15.1. The largest absolute Gasteiger partial charge is 0.497 e. The molecule has 0 saturated carbocycles. The highest BCUT2D eigenvalue weighted by Gasteiger charge is 2.31. The number of ether oxygens (including phenoxy) is 1. The van der Waals surface area contributed by atoms with E-state index in [0.29, 0.717) is 18.5 Å². The fourth-order valence-corrected chi connectivity index (χ4v) is 5.59. The maximum Gasteiger partial charge on any atom is 0.237 e. The second-order valence-electron chi connectivity index (χ2n) is 9.60. The third-order valence-electron chi connectivity index (χ3n) is 7.46. The number of carbonyl (C=O) groups is 1. The van der Waals surface area contributed by atoms with Gasteiger partial charge in [0.2, 0.25) is 5.91 Å². The minimum absolute atomic E-state index is 0.194. The van der Waals surface area contributed by atoms with Gasteiger partial charge in [0.25, 0.3) is 0 Å². The van der Waals surface area contributed by atoms with Crippen molar-refractivity contribution in [1.82, 2.24) is 19.6 Å². The average molecular weight is 429 g/mol. The van der Waals surface area contributed by atoms with Gasteiger partial charge in [-0.15, -0.1) is 0 Å². The van der Waals surface area contributed by atoms with Crippen LogP contribution in [0.1, 0.15) is 50.1 Å². The fraction of sp³-hybridized carbons (Fsp3) is 0.720. The summed E-state index contributed by atoms with van der Waals surface area (Å²) in [7, 11) is 3.93. The number of amides is 1. The van der Waals surface area contributed by atoms with Gasteiger partial charge in [-0.25, -0.2) is 0 Å². The van der Waals surface area contributed by atoms with Crippen molar-refractivity contribution in [3.05, 3.63) is 29.8 Å². The summed E-state index contributed by atoms with van der Waals surface area (Å²) in [6, 6.07) is 9.20. The molecule has 0 aromatic heterocycles. The van der Waals surface area contributed by atoms with E-state index >= 15 is 0 Å². The molecule has 31 heavy (non-hydrogen) atoms. The van der Waals surface area contributed by atoms with E-state index in [1.54, 1.807) is 7.11 Å². The minimum Gasteiger partial charge on any atom is -0.497 e. The third kappa shape index (κ3) is 5.79. The van der Waals surface area contributed by atoms with Gasteiger partial charge in [-0.05, 0) is 57.0 Å². The van der Waals surface area contributed by atoms with Crippen molar-refractivity contribution in [1.29, 1.82) is 0 Å². The molecule has 6 nitrogen and oxygen atoms in total. The monoisotopic (exact) mass is 428 g/mol. The Morgan fingerprint density at radius 1 is 0.935 bits per heavy atom. The van der Waals surface area contributed by atoms with Crippen molar-refractivity contribution >= 4 is 5.91 Å². The second-order valence-corrected chi connectivity index (χ2v) is 9.60. The summed E-state index contributed by atoms with van der Waals surface area (Å²) in [4.78, 5) is 23.0. The molecule has 6 heteroatoms. The van der Waals surface area contributed by atoms with E-state index in [9.17, 15) is 4.79 Å². The molecule has 3 aliphatic heterocycles. The van der Waals surface area contributed by atoms with Crippen molar-refractivity contribution in [2.24, 2.45) is 0 Å². The van der Waals surface area contributed by atoms with Crippen molar-refractivity contribution in [3.8, 4) is 5.75 Å². The zero-order valence-electron chi connectivity index (χ0n) is 19.5. The summed E-state index contributed by atoms with van der Waals surface area (Å²) in [5, 5.41) is 0. The summed E-state index contributed by atoms with van der Waals surface area (Å²) in [6.07, 6.45) is 7.20. The second kappa shape index (κ2) is 10.8. The first-order valence-corrected chi connectivity index (χ1v) is 12.2. The number of carbonyl (C=O) groups excluding carboxylic acids is 1. The highest BCUT2D eigenvalue weighted by Crippen LogP contribution is 2.31. The lowest BCUT2D eigenvalue weighted by Crippen LogP contribution is -2.55. The van der Waals surface area contributed by atoms with Gasteiger partial charge in [0, 0.05) is 45.3 Å². The molecule has 3 fully saturated rings. The highest BCUT2D eigenvalue weighted by molar-refractivity contribution is 5.79. The molecule has 0 spiro atoms. The van der Waals surface area contributed by atoms with Crippen molar-refractivity contribution in [3.63, 3.8) is 0 Å². The Kier molecular flexibility index (Phi) is 7.86. The van der Waals surface area contributed by atoms with Crippen molar-refractivity contribution in [2.45, 2.75) is 50.6 Å². The minimum atomic E-state index is 0.194. The van der Waals surface area contributed by atoms with Crippen LogP contribution in [-0.2, 0) is 4.79 Å². The van der Waals surface area contributed by atoms with Crippen molar-refractivity contribution < 1.29 is 9.53 Å². The van der Waals surface area contributed by atoms with Crippen LogP contribution in [0.25, 0.3) is 0 Å². The number of rotatable bonds is 5. The average Bonchev–Trinajstić information content (AvgIpc) is 3.06. The smallest absolute Gasteiger partial charge is 0.237 e. The Morgan fingerprint density at radius 2 is 1.71 bits per heavy atom. The number of hydrogen-bond acceptors (Lipinski definition) is 5. The first-order valence-electron chi connectivity index (χ1n) is 12.2. The summed E-state index contributed by atoms with van der Waals surface area (Å²) in [5.74, 6) is 1.17. The molecule has 0 radical (unpaired) electrons. The van der Waals surface area contributed by atoms with Crippen LogP contribution in [0.4, 0.5) is 0 Å². The SMILES string of the molecule is COc1ccc(C2CCCCCN2C(=O)CN2CCN(C3CCCN(C)C3)CC2)cc1. The standard InChI is InChI=1S/C25H40N4O2/c1-26-13-6-7-22(19-26)28-17-15-27(16-18-28)20-25(30)29-14-5-3-4-8-24(29)21-9-11-23(31-2)12-10-21/h9-12,22,24H,3-8,13-20H2,1-2H3. The van der Waals surface area contributed by atoms with Gasteiger partial charge in [-0.1, -0.05) is 25.0 Å². The van der Waals surface area contributed by atoms with Gasteiger partial charge in [0.15, 0.2) is 0 Å². The van der Waals surface area contributed by atoms with E-state index in [4.69, 9.17) is 4.74 Å². The van der Waals surface area contributed by atoms with Gasteiger partial charge >= 0.3 is 0 Å². The van der Waals surface area contributed by atoms with E-state index in [1.807, 2.05) is 12.1 Å². The molecule has 3 saturated heterocycles. The quantitative estimate of drug-likeness (QED) is 0.721. The van der Waals surface area contributed by atoms with Crippen LogP contribution in [0, 0.1) is 0 Å². The van der Waals surface area contributed by atoms with E-state index in [0.717, 1.165) is 51.3 Å². The molecule has 0 bridgehead atoms. The Labute approximate surface area is 188 Å². The van der Waals surface area contributed by atoms with Crippen molar-refractivity contribution in [2.75, 3.05) is 66.5 Å². The number of methoxy groups -OCH3 is 1. The molecular formula is C25H40N4O2. The zero-order valence-corrected chi connectivity index (χ0v) is 19.5. The molecule has 3 heterocycles. The van der Waals surface area contributed by atoms with Gasteiger partial charge in [-0.3, -0.25) is 14.6 Å². The van der Waals surface area contributed by atoms with Crippen LogP contribution < -0.4 is 4.74 Å². The molecule has 172 valence electrons.